The summed E-state index contributed by atoms with van der Waals surface area (Å²) in [6, 6.07) is 4.76. The Kier molecular flexibility index (Phi) is 2.18. The highest BCUT2D eigenvalue weighted by Gasteiger charge is 2.00. The zero-order chi connectivity index (χ0) is 9.97. The molecule has 0 saturated heterocycles. The standard InChI is InChI=1S/C10H8FN3/c1-7-4-10(14-6-13-7)9-3-2-8(11)5-12-9/h2-6H,1H3. The monoisotopic (exact) mass is 189 g/mol. The summed E-state index contributed by atoms with van der Waals surface area (Å²) < 4.78 is 12.6. The lowest BCUT2D eigenvalue weighted by molar-refractivity contribution is 0.622. The molecule has 0 N–H and O–H groups in total. The molecule has 0 spiro atoms. The molecule has 0 atom stereocenters. The lowest BCUT2D eigenvalue weighted by atomic mass is 10.2. The number of pyridine rings is 1. The van der Waals surface area contributed by atoms with E-state index in [0.717, 1.165) is 5.69 Å². The fourth-order valence-corrected chi connectivity index (χ4v) is 1.12. The van der Waals surface area contributed by atoms with Gasteiger partial charge in [0.05, 0.1) is 17.6 Å². The molecule has 3 nitrogen and oxygen atoms in total. The lowest BCUT2D eigenvalue weighted by Gasteiger charge is -1.99. The van der Waals surface area contributed by atoms with Crippen molar-refractivity contribution in [1.29, 1.82) is 0 Å². The molecular formula is C10H8FN3. The molecule has 2 aromatic heterocycles. The van der Waals surface area contributed by atoms with Crippen LogP contribution >= 0.6 is 0 Å². The molecule has 0 unspecified atom stereocenters. The number of hydrogen-bond donors (Lipinski definition) is 0. The molecule has 0 amide bonds. The molecule has 2 aromatic rings. The molecule has 0 aromatic carbocycles. The molecule has 0 aliphatic rings. The van der Waals surface area contributed by atoms with Crippen LogP contribution in [-0.4, -0.2) is 15.0 Å². The van der Waals surface area contributed by atoms with Gasteiger partial charge in [0.25, 0.3) is 0 Å². The largest absolute Gasteiger partial charge is 0.252 e. The first-order valence-corrected chi connectivity index (χ1v) is 4.16. The van der Waals surface area contributed by atoms with E-state index in [4.69, 9.17) is 0 Å². The Morgan fingerprint density at radius 3 is 2.57 bits per heavy atom. The molecule has 14 heavy (non-hydrogen) atoms. The second-order valence-corrected chi connectivity index (χ2v) is 2.91. The van der Waals surface area contributed by atoms with E-state index in [1.807, 2.05) is 6.92 Å². The van der Waals surface area contributed by atoms with Gasteiger partial charge in [-0.15, -0.1) is 0 Å². The molecule has 2 heterocycles. The molecule has 4 heteroatoms. The molecule has 0 saturated carbocycles. The van der Waals surface area contributed by atoms with E-state index in [9.17, 15) is 4.39 Å². The lowest BCUT2D eigenvalue weighted by Crippen LogP contribution is -1.90. The van der Waals surface area contributed by atoms with Crippen LogP contribution in [0.1, 0.15) is 5.69 Å². The van der Waals surface area contributed by atoms with Crippen LogP contribution < -0.4 is 0 Å². The fraction of sp³-hybridized carbons (Fsp3) is 0.100. The smallest absolute Gasteiger partial charge is 0.141 e. The molecule has 0 bridgehead atoms. The summed E-state index contributed by atoms with van der Waals surface area (Å²) in [5, 5.41) is 0. The summed E-state index contributed by atoms with van der Waals surface area (Å²) in [7, 11) is 0. The third-order valence-corrected chi connectivity index (χ3v) is 1.79. The van der Waals surface area contributed by atoms with Crippen molar-refractivity contribution < 1.29 is 4.39 Å². The second kappa shape index (κ2) is 3.49. The summed E-state index contributed by atoms with van der Waals surface area (Å²) in [5.41, 5.74) is 2.22. The number of hydrogen-bond acceptors (Lipinski definition) is 3. The Balaban J connectivity index is 2.44. The third kappa shape index (κ3) is 1.74. The Morgan fingerprint density at radius 2 is 1.93 bits per heavy atom. The molecule has 0 fully saturated rings. The van der Waals surface area contributed by atoms with Crippen LogP contribution in [0.3, 0.4) is 0 Å². The van der Waals surface area contributed by atoms with Gasteiger partial charge in [0, 0.05) is 5.69 Å². The highest BCUT2D eigenvalue weighted by molar-refractivity contribution is 5.53. The molecule has 0 aliphatic heterocycles. The van der Waals surface area contributed by atoms with Crippen molar-refractivity contribution in [1.82, 2.24) is 15.0 Å². The average molecular weight is 189 g/mol. The minimum atomic E-state index is -0.348. The molecule has 2 rings (SSSR count). The van der Waals surface area contributed by atoms with E-state index in [1.54, 1.807) is 12.1 Å². The summed E-state index contributed by atoms with van der Waals surface area (Å²) in [5.74, 6) is -0.348. The summed E-state index contributed by atoms with van der Waals surface area (Å²) in [4.78, 5) is 11.9. The Hall–Kier alpha value is -1.84. The van der Waals surface area contributed by atoms with Gasteiger partial charge in [-0.2, -0.15) is 0 Å². The minimum Gasteiger partial charge on any atom is -0.252 e. The third-order valence-electron chi connectivity index (χ3n) is 1.79. The van der Waals surface area contributed by atoms with Gasteiger partial charge < -0.3 is 0 Å². The second-order valence-electron chi connectivity index (χ2n) is 2.91. The maximum Gasteiger partial charge on any atom is 0.141 e. The number of nitrogens with zero attached hydrogens (tertiary/aromatic N) is 3. The zero-order valence-electron chi connectivity index (χ0n) is 7.61. The maximum atomic E-state index is 12.6. The van der Waals surface area contributed by atoms with Crippen molar-refractivity contribution in [3.05, 3.63) is 42.2 Å². The summed E-state index contributed by atoms with van der Waals surface area (Å²) in [6.45, 7) is 1.87. The van der Waals surface area contributed by atoms with Crippen molar-refractivity contribution in [2.75, 3.05) is 0 Å². The Bertz CT molecular complexity index is 439. The van der Waals surface area contributed by atoms with Crippen LogP contribution in [0.4, 0.5) is 4.39 Å². The molecule has 0 aliphatic carbocycles. The van der Waals surface area contributed by atoms with Crippen LogP contribution in [0.5, 0.6) is 0 Å². The number of aryl methyl sites for hydroxylation is 1. The van der Waals surface area contributed by atoms with Crippen molar-refractivity contribution in [2.45, 2.75) is 6.92 Å². The van der Waals surface area contributed by atoms with E-state index < -0.39 is 0 Å². The fourth-order valence-electron chi connectivity index (χ4n) is 1.12. The quantitative estimate of drug-likeness (QED) is 0.688. The van der Waals surface area contributed by atoms with Crippen LogP contribution in [0.25, 0.3) is 11.4 Å². The zero-order valence-corrected chi connectivity index (χ0v) is 7.61. The Labute approximate surface area is 80.7 Å². The normalized spacial score (nSPS) is 10.1. The summed E-state index contributed by atoms with van der Waals surface area (Å²) >= 11 is 0. The topological polar surface area (TPSA) is 38.7 Å². The van der Waals surface area contributed by atoms with Gasteiger partial charge in [-0.05, 0) is 25.1 Å². The highest BCUT2D eigenvalue weighted by Crippen LogP contribution is 2.13. The van der Waals surface area contributed by atoms with Gasteiger partial charge in [0.2, 0.25) is 0 Å². The first kappa shape index (κ1) is 8.74. The van der Waals surface area contributed by atoms with Gasteiger partial charge in [0.1, 0.15) is 12.1 Å². The van der Waals surface area contributed by atoms with Crippen molar-refractivity contribution >= 4 is 0 Å². The van der Waals surface area contributed by atoms with Gasteiger partial charge >= 0.3 is 0 Å². The summed E-state index contributed by atoms with van der Waals surface area (Å²) in [6.07, 6.45) is 2.64. The predicted octanol–water partition coefficient (Wildman–Crippen LogP) is 1.99. The average Bonchev–Trinajstić information content (AvgIpc) is 2.19. The molecular weight excluding hydrogens is 181 g/mol. The van der Waals surface area contributed by atoms with Crippen LogP contribution in [-0.2, 0) is 0 Å². The first-order chi connectivity index (χ1) is 6.75. The number of aromatic nitrogens is 3. The van der Waals surface area contributed by atoms with E-state index in [2.05, 4.69) is 15.0 Å². The van der Waals surface area contributed by atoms with Gasteiger partial charge in [0.15, 0.2) is 0 Å². The predicted molar refractivity (Wildman–Crippen MR) is 50.0 cm³/mol. The van der Waals surface area contributed by atoms with Crippen molar-refractivity contribution in [2.24, 2.45) is 0 Å². The molecule has 0 radical (unpaired) electrons. The SMILES string of the molecule is Cc1cc(-c2ccc(F)cn2)ncn1. The maximum absolute atomic E-state index is 12.6. The van der Waals surface area contributed by atoms with E-state index in [-0.39, 0.29) is 5.82 Å². The van der Waals surface area contributed by atoms with Crippen LogP contribution in [0.15, 0.2) is 30.7 Å². The van der Waals surface area contributed by atoms with Crippen LogP contribution in [0.2, 0.25) is 0 Å². The molecule has 70 valence electrons. The Morgan fingerprint density at radius 1 is 1.07 bits per heavy atom. The van der Waals surface area contributed by atoms with Crippen molar-refractivity contribution in [3.8, 4) is 11.4 Å². The van der Waals surface area contributed by atoms with Gasteiger partial charge in [-0.25, -0.2) is 14.4 Å². The first-order valence-electron chi connectivity index (χ1n) is 4.16. The van der Waals surface area contributed by atoms with E-state index in [1.165, 1.54) is 18.6 Å². The van der Waals surface area contributed by atoms with Crippen LogP contribution in [0, 0.1) is 12.7 Å². The van der Waals surface area contributed by atoms with E-state index in [0.29, 0.717) is 11.4 Å². The van der Waals surface area contributed by atoms with E-state index >= 15 is 0 Å². The number of halogens is 1. The van der Waals surface area contributed by atoms with Crippen molar-refractivity contribution in [3.63, 3.8) is 0 Å². The van der Waals surface area contributed by atoms with Gasteiger partial charge in [-0.3, -0.25) is 4.98 Å². The number of rotatable bonds is 1. The van der Waals surface area contributed by atoms with Gasteiger partial charge in [-0.1, -0.05) is 0 Å². The minimum absolute atomic E-state index is 0.348. The highest BCUT2D eigenvalue weighted by atomic mass is 19.1.